The topological polar surface area (TPSA) is 41.6 Å². The molecule has 1 aromatic rings. The predicted octanol–water partition coefficient (Wildman–Crippen LogP) is 2.02. The van der Waals surface area contributed by atoms with Crippen molar-refractivity contribution in [1.29, 1.82) is 0 Å². The first-order valence-corrected chi connectivity index (χ1v) is 4.54. The zero-order valence-corrected chi connectivity index (χ0v) is 8.45. The first kappa shape index (κ1) is 9.92. The summed E-state index contributed by atoms with van der Waals surface area (Å²) in [6.07, 6.45) is 0. The summed E-state index contributed by atoms with van der Waals surface area (Å²) < 4.78 is 12.7. The fourth-order valence-corrected chi connectivity index (χ4v) is 1.52. The number of rotatable bonds is 1. The third-order valence-corrected chi connectivity index (χ3v) is 2.21. The van der Waals surface area contributed by atoms with Crippen LogP contribution in [0.2, 0.25) is 0 Å². The molecule has 1 aliphatic rings. The van der Waals surface area contributed by atoms with Crippen molar-refractivity contribution in [3.8, 4) is 0 Å². The molecular formula is C10H11FN2O2. The van der Waals surface area contributed by atoms with Gasteiger partial charge in [0.05, 0.1) is 0 Å². The Morgan fingerprint density at radius 3 is 2.40 bits per heavy atom. The van der Waals surface area contributed by atoms with Gasteiger partial charge < -0.3 is 0 Å². The van der Waals surface area contributed by atoms with Crippen LogP contribution in [0.3, 0.4) is 0 Å². The van der Waals surface area contributed by atoms with Crippen molar-refractivity contribution in [2.24, 2.45) is 0 Å². The lowest BCUT2D eigenvalue weighted by atomic mass is 10.2. The SMILES string of the molecule is CC1(C)ONC(=O)N1c1ccc(F)cc1. The fourth-order valence-electron chi connectivity index (χ4n) is 1.52. The number of hydrogen-bond acceptors (Lipinski definition) is 2. The number of carbonyl (C=O) groups excluding carboxylic acids is 1. The van der Waals surface area contributed by atoms with Crippen molar-refractivity contribution in [1.82, 2.24) is 5.48 Å². The van der Waals surface area contributed by atoms with Crippen molar-refractivity contribution >= 4 is 11.7 Å². The van der Waals surface area contributed by atoms with Crippen LogP contribution in [0.5, 0.6) is 0 Å². The molecule has 1 fully saturated rings. The van der Waals surface area contributed by atoms with Gasteiger partial charge in [-0.25, -0.2) is 19.5 Å². The van der Waals surface area contributed by atoms with E-state index in [1.54, 1.807) is 13.8 Å². The van der Waals surface area contributed by atoms with Crippen LogP contribution in [0.1, 0.15) is 13.8 Å². The van der Waals surface area contributed by atoms with E-state index in [1.165, 1.54) is 29.2 Å². The van der Waals surface area contributed by atoms with E-state index < -0.39 is 5.72 Å². The normalized spacial score (nSPS) is 19.1. The van der Waals surface area contributed by atoms with Crippen molar-refractivity contribution < 1.29 is 14.0 Å². The quantitative estimate of drug-likeness (QED) is 0.770. The summed E-state index contributed by atoms with van der Waals surface area (Å²) in [7, 11) is 0. The van der Waals surface area contributed by atoms with Crippen molar-refractivity contribution in [3.63, 3.8) is 0 Å². The van der Waals surface area contributed by atoms with Gasteiger partial charge in [-0.3, -0.25) is 4.90 Å². The molecule has 0 aromatic heterocycles. The van der Waals surface area contributed by atoms with Crippen molar-refractivity contribution in [2.45, 2.75) is 19.6 Å². The zero-order valence-electron chi connectivity index (χ0n) is 8.45. The summed E-state index contributed by atoms with van der Waals surface area (Å²) >= 11 is 0. The second kappa shape index (κ2) is 3.20. The van der Waals surface area contributed by atoms with Gasteiger partial charge in [0, 0.05) is 5.69 Å². The first-order chi connectivity index (χ1) is 7.00. The van der Waals surface area contributed by atoms with Crippen molar-refractivity contribution in [2.75, 3.05) is 4.90 Å². The Hall–Kier alpha value is -1.62. The van der Waals surface area contributed by atoms with Gasteiger partial charge in [-0.15, -0.1) is 0 Å². The second-order valence-corrected chi connectivity index (χ2v) is 3.77. The number of carbonyl (C=O) groups is 1. The minimum Gasteiger partial charge on any atom is -0.261 e. The molecule has 0 aliphatic carbocycles. The van der Waals surface area contributed by atoms with Gasteiger partial charge in [-0.1, -0.05) is 0 Å². The molecule has 2 amide bonds. The number of halogens is 1. The Morgan fingerprint density at radius 2 is 1.93 bits per heavy atom. The van der Waals surface area contributed by atoms with E-state index in [2.05, 4.69) is 5.48 Å². The second-order valence-electron chi connectivity index (χ2n) is 3.77. The van der Waals surface area contributed by atoms with Gasteiger partial charge in [0.25, 0.3) is 0 Å². The highest BCUT2D eigenvalue weighted by molar-refractivity contribution is 5.93. The lowest BCUT2D eigenvalue weighted by Crippen LogP contribution is -2.41. The minimum atomic E-state index is -0.769. The van der Waals surface area contributed by atoms with Gasteiger partial charge >= 0.3 is 6.03 Å². The molecule has 15 heavy (non-hydrogen) atoms. The van der Waals surface area contributed by atoms with E-state index in [-0.39, 0.29) is 11.8 Å². The van der Waals surface area contributed by atoms with Crippen LogP contribution in [0, 0.1) is 5.82 Å². The number of hydrogen-bond donors (Lipinski definition) is 1. The van der Waals surface area contributed by atoms with Gasteiger partial charge in [0.15, 0.2) is 5.72 Å². The summed E-state index contributed by atoms with van der Waals surface area (Å²) in [4.78, 5) is 18.0. The number of nitrogens with zero attached hydrogens (tertiary/aromatic N) is 1. The first-order valence-electron chi connectivity index (χ1n) is 4.54. The molecule has 0 atom stereocenters. The van der Waals surface area contributed by atoms with Gasteiger partial charge in [0.1, 0.15) is 5.82 Å². The monoisotopic (exact) mass is 210 g/mol. The maximum Gasteiger partial charge on any atom is 0.348 e. The number of amides is 2. The highest BCUT2D eigenvalue weighted by Gasteiger charge is 2.40. The van der Waals surface area contributed by atoms with Crippen LogP contribution in [0.15, 0.2) is 24.3 Å². The van der Waals surface area contributed by atoms with Crippen molar-refractivity contribution in [3.05, 3.63) is 30.1 Å². The molecule has 1 N–H and O–H groups in total. The fraction of sp³-hybridized carbons (Fsp3) is 0.300. The largest absolute Gasteiger partial charge is 0.348 e. The Bertz CT molecular complexity index is 389. The van der Waals surface area contributed by atoms with Crippen LogP contribution < -0.4 is 10.4 Å². The molecule has 0 spiro atoms. The summed E-state index contributed by atoms with van der Waals surface area (Å²) in [6.45, 7) is 3.49. The average Bonchev–Trinajstić information content (AvgIpc) is 2.43. The molecule has 0 radical (unpaired) electrons. The average molecular weight is 210 g/mol. The van der Waals surface area contributed by atoms with E-state index in [1.807, 2.05) is 0 Å². The summed E-state index contributed by atoms with van der Waals surface area (Å²) in [5.41, 5.74) is 2.09. The van der Waals surface area contributed by atoms with Crippen LogP contribution >= 0.6 is 0 Å². The highest BCUT2D eigenvalue weighted by atomic mass is 19.1. The molecular weight excluding hydrogens is 199 g/mol. The predicted molar refractivity (Wildman–Crippen MR) is 52.6 cm³/mol. The Kier molecular flexibility index (Phi) is 2.12. The third-order valence-electron chi connectivity index (χ3n) is 2.21. The Balaban J connectivity index is 2.37. The standard InChI is InChI=1S/C10H11FN2O2/c1-10(2)13(9(14)12-15-10)8-5-3-7(11)4-6-8/h3-6H,1-2H3,(H,12,14). The lowest BCUT2D eigenvalue weighted by molar-refractivity contribution is -0.0211. The molecule has 80 valence electrons. The molecule has 0 bridgehead atoms. The molecule has 1 aromatic carbocycles. The van der Waals surface area contributed by atoms with Gasteiger partial charge in [-0.2, -0.15) is 0 Å². The summed E-state index contributed by atoms with van der Waals surface area (Å²) in [5, 5.41) is 0. The summed E-state index contributed by atoms with van der Waals surface area (Å²) in [5.74, 6) is -0.336. The third kappa shape index (κ3) is 1.66. The number of nitrogens with one attached hydrogen (secondary N) is 1. The van der Waals surface area contributed by atoms with E-state index in [0.29, 0.717) is 5.69 Å². The van der Waals surface area contributed by atoms with E-state index in [0.717, 1.165) is 0 Å². The smallest absolute Gasteiger partial charge is 0.261 e. The van der Waals surface area contributed by atoms with Crippen LogP contribution in [0.25, 0.3) is 0 Å². The van der Waals surface area contributed by atoms with E-state index in [4.69, 9.17) is 4.84 Å². The molecule has 1 saturated heterocycles. The van der Waals surface area contributed by atoms with Crippen LogP contribution in [0.4, 0.5) is 14.9 Å². The number of anilines is 1. The molecule has 4 nitrogen and oxygen atoms in total. The van der Waals surface area contributed by atoms with Crippen LogP contribution in [-0.4, -0.2) is 11.8 Å². The number of urea groups is 1. The molecule has 5 heteroatoms. The highest BCUT2D eigenvalue weighted by Crippen LogP contribution is 2.28. The lowest BCUT2D eigenvalue weighted by Gasteiger charge is -2.27. The molecule has 1 heterocycles. The minimum absolute atomic E-state index is 0.336. The Labute approximate surface area is 86.6 Å². The van der Waals surface area contributed by atoms with Gasteiger partial charge in [-0.05, 0) is 38.1 Å². The number of hydroxylamine groups is 1. The maximum atomic E-state index is 12.7. The van der Waals surface area contributed by atoms with Gasteiger partial charge in [0.2, 0.25) is 0 Å². The molecule has 1 aliphatic heterocycles. The van der Waals surface area contributed by atoms with E-state index >= 15 is 0 Å². The number of benzene rings is 1. The van der Waals surface area contributed by atoms with E-state index in [9.17, 15) is 9.18 Å². The summed E-state index contributed by atoms with van der Waals surface area (Å²) in [6, 6.07) is 5.32. The Morgan fingerprint density at radius 1 is 1.33 bits per heavy atom. The van der Waals surface area contributed by atoms with Crippen LogP contribution in [-0.2, 0) is 4.84 Å². The molecule has 0 unspecified atom stereocenters. The zero-order chi connectivity index (χ0) is 11.1. The molecule has 0 saturated carbocycles. The maximum absolute atomic E-state index is 12.7. The molecule has 2 rings (SSSR count).